The molecule has 1 atom stereocenters. The number of nitrogens with one attached hydrogen (secondary N) is 1. The van der Waals surface area contributed by atoms with Gasteiger partial charge in [0.25, 0.3) is 0 Å². The van der Waals surface area contributed by atoms with Gasteiger partial charge >= 0.3 is 0 Å². The van der Waals surface area contributed by atoms with Crippen molar-refractivity contribution in [2.45, 2.75) is 44.2 Å². The summed E-state index contributed by atoms with van der Waals surface area (Å²) in [6.07, 6.45) is 9.31. The summed E-state index contributed by atoms with van der Waals surface area (Å²) in [7, 11) is 0. The highest BCUT2D eigenvalue weighted by molar-refractivity contribution is 5.64. The summed E-state index contributed by atoms with van der Waals surface area (Å²) < 4.78 is 5.45. The Morgan fingerprint density at radius 3 is 2.61 bits per heavy atom. The number of piperidine rings is 1. The van der Waals surface area contributed by atoms with Gasteiger partial charge in [-0.05, 0) is 55.4 Å². The Balaban J connectivity index is 1.18. The first-order valence-electron chi connectivity index (χ1n) is 10.4. The van der Waals surface area contributed by atoms with Crippen LogP contribution in [0.5, 0.6) is 0 Å². The fourth-order valence-electron chi connectivity index (χ4n) is 4.69. The van der Waals surface area contributed by atoms with Crippen molar-refractivity contribution in [1.82, 2.24) is 10.3 Å². The Labute approximate surface area is 166 Å². The third-order valence-corrected chi connectivity index (χ3v) is 6.24. The average Bonchev–Trinajstić information content (AvgIpc) is 3.29. The fraction of sp³-hybridized carbons (Fsp3) is 0.375. The molecule has 1 fully saturated rings. The van der Waals surface area contributed by atoms with E-state index in [1.807, 2.05) is 0 Å². The SMILES string of the molecule is c1cc(-c2cnco2)cc(N2CCC(N[C@H]3CCc4ccccc4C3)CC2)c1. The average molecular weight is 374 g/mol. The lowest BCUT2D eigenvalue weighted by molar-refractivity contribution is 0.345. The van der Waals surface area contributed by atoms with Crippen LogP contribution < -0.4 is 10.2 Å². The van der Waals surface area contributed by atoms with Gasteiger partial charge in [0.05, 0.1) is 6.20 Å². The zero-order valence-corrected chi connectivity index (χ0v) is 16.2. The van der Waals surface area contributed by atoms with Crippen molar-refractivity contribution >= 4 is 5.69 Å². The normalized spacial score (nSPS) is 20.1. The van der Waals surface area contributed by atoms with Gasteiger partial charge in [0, 0.05) is 36.4 Å². The van der Waals surface area contributed by atoms with Crippen LogP contribution in [0.2, 0.25) is 0 Å². The van der Waals surface area contributed by atoms with E-state index in [1.54, 1.807) is 11.8 Å². The van der Waals surface area contributed by atoms with Crippen LogP contribution in [0.4, 0.5) is 5.69 Å². The van der Waals surface area contributed by atoms with Gasteiger partial charge in [0.1, 0.15) is 0 Å². The smallest absolute Gasteiger partial charge is 0.181 e. The van der Waals surface area contributed by atoms with Crippen LogP contribution in [-0.4, -0.2) is 30.2 Å². The minimum Gasteiger partial charge on any atom is -0.444 e. The third kappa shape index (κ3) is 3.69. The van der Waals surface area contributed by atoms with Crippen LogP contribution in [0.3, 0.4) is 0 Å². The number of anilines is 1. The molecule has 0 saturated carbocycles. The summed E-state index contributed by atoms with van der Waals surface area (Å²) >= 11 is 0. The zero-order valence-electron chi connectivity index (χ0n) is 16.2. The molecule has 1 aliphatic heterocycles. The molecule has 0 bridgehead atoms. The van der Waals surface area contributed by atoms with Crippen molar-refractivity contribution < 1.29 is 4.42 Å². The number of fused-ring (bicyclic) bond motifs is 1. The lowest BCUT2D eigenvalue weighted by atomic mass is 9.87. The Morgan fingerprint density at radius 2 is 1.79 bits per heavy atom. The molecule has 1 saturated heterocycles. The quantitative estimate of drug-likeness (QED) is 0.733. The maximum Gasteiger partial charge on any atom is 0.181 e. The van der Waals surface area contributed by atoms with E-state index in [9.17, 15) is 0 Å². The van der Waals surface area contributed by atoms with Crippen LogP contribution in [0.15, 0.2) is 65.5 Å². The van der Waals surface area contributed by atoms with Gasteiger partial charge in [0.2, 0.25) is 0 Å². The monoisotopic (exact) mass is 373 g/mol. The van der Waals surface area contributed by atoms with E-state index in [0.29, 0.717) is 12.1 Å². The molecule has 2 aromatic carbocycles. The van der Waals surface area contributed by atoms with Crippen molar-refractivity contribution in [2.24, 2.45) is 0 Å². The summed E-state index contributed by atoms with van der Waals surface area (Å²) in [5.74, 6) is 0.830. The second kappa shape index (κ2) is 7.80. The third-order valence-electron chi connectivity index (χ3n) is 6.24. The standard InChI is InChI=1S/C24H27N3O/c1-2-5-19-14-22(9-8-18(19)4-1)26-21-10-12-27(13-11-21)23-7-3-6-20(15-23)24-16-25-17-28-24/h1-7,15-17,21-22,26H,8-14H2/t22-/m0/s1. The van der Waals surface area contributed by atoms with Crippen molar-refractivity contribution in [3.63, 3.8) is 0 Å². The van der Waals surface area contributed by atoms with E-state index in [0.717, 1.165) is 24.4 Å². The van der Waals surface area contributed by atoms with Gasteiger partial charge in [-0.15, -0.1) is 0 Å². The number of rotatable bonds is 4. The molecule has 1 aliphatic carbocycles. The number of oxazole rings is 1. The van der Waals surface area contributed by atoms with E-state index in [4.69, 9.17) is 4.42 Å². The highest BCUT2D eigenvalue weighted by atomic mass is 16.3. The fourth-order valence-corrected chi connectivity index (χ4v) is 4.69. The Hall–Kier alpha value is -2.59. The van der Waals surface area contributed by atoms with Crippen LogP contribution in [0.25, 0.3) is 11.3 Å². The summed E-state index contributed by atoms with van der Waals surface area (Å²) in [6, 6.07) is 18.8. The lowest BCUT2D eigenvalue weighted by Crippen LogP contribution is -2.47. The summed E-state index contributed by atoms with van der Waals surface area (Å²) in [5, 5.41) is 3.95. The van der Waals surface area contributed by atoms with Gasteiger partial charge in [-0.1, -0.05) is 36.4 Å². The highest BCUT2D eigenvalue weighted by Crippen LogP contribution is 2.27. The Morgan fingerprint density at radius 1 is 0.929 bits per heavy atom. The van der Waals surface area contributed by atoms with Crippen molar-refractivity contribution in [3.05, 3.63) is 72.2 Å². The van der Waals surface area contributed by atoms with Gasteiger partial charge < -0.3 is 14.6 Å². The molecular formula is C24H27N3O. The molecule has 5 rings (SSSR count). The lowest BCUT2D eigenvalue weighted by Gasteiger charge is -2.37. The maximum absolute atomic E-state index is 5.45. The number of aromatic nitrogens is 1. The second-order valence-corrected chi connectivity index (χ2v) is 8.05. The number of aryl methyl sites for hydroxylation is 1. The van der Waals surface area contributed by atoms with Crippen LogP contribution in [0, 0.1) is 0 Å². The van der Waals surface area contributed by atoms with E-state index in [2.05, 4.69) is 63.7 Å². The van der Waals surface area contributed by atoms with Gasteiger partial charge in [-0.3, -0.25) is 0 Å². The minimum absolute atomic E-state index is 0.626. The summed E-state index contributed by atoms with van der Waals surface area (Å²) in [6.45, 7) is 2.20. The molecule has 0 unspecified atom stereocenters. The summed E-state index contributed by atoms with van der Waals surface area (Å²) in [5.41, 5.74) is 5.45. The number of hydrogen-bond acceptors (Lipinski definition) is 4. The van der Waals surface area contributed by atoms with E-state index in [1.165, 1.54) is 49.7 Å². The molecule has 0 spiro atoms. The Kier molecular flexibility index (Phi) is 4.88. The Bertz CT molecular complexity index is 913. The molecule has 2 aliphatic rings. The molecule has 1 N–H and O–H groups in total. The predicted octanol–water partition coefficient (Wildman–Crippen LogP) is 4.46. The van der Waals surface area contributed by atoms with Crippen LogP contribution in [-0.2, 0) is 12.8 Å². The first kappa shape index (κ1) is 17.5. The van der Waals surface area contributed by atoms with Crippen molar-refractivity contribution in [1.29, 1.82) is 0 Å². The molecular weight excluding hydrogens is 346 g/mol. The van der Waals surface area contributed by atoms with Gasteiger partial charge in [0.15, 0.2) is 12.2 Å². The van der Waals surface area contributed by atoms with Gasteiger partial charge in [-0.25, -0.2) is 4.98 Å². The maximum atomic E-state index is 5.45. The number of nitrogens with zero attached hydrogens (tertiary/aromatic N) is 2. The molecule has 0 amide bonds. The molecule has 144 valence electrons. The van der Waals surface area contributed by atoms with Crippen LogP contribution >= 0.6 is 0 Å². The number of benzene rings is 2. The molecule has 28 heavy (non-hydrogen) atoms. The second-order valence-electron chi connectivity index (χ2n) is 8.05. The first-order valence-corrected chi connectivity index (χ1v) is 10.4. The molecule has 4 heteroatoms. The molecule has 3 aromatic rings. The molecule has 0 radical (unpaired) electrons. The van der Waals surface area contributed by atoms with Crippen LogP contribution in [0.1, 0.15) is 30.4 Å². The van der Waals surface area contributed by atoms with Crippen molar-refractivity contribution in [3.8, 4) is 11.3 Å². The van der Waals surface area contributed by atoms with E-state index < -0.39 is 0 Å². The summed E-state index contributed by atoms with van der Waals surface area (Å²) in [4.78, 5) is 6.53. The number of hydrogen-bond donors (Lipinski definition) is 1. The largest absolute Gasteiger partial charge is 0.444 e. The minimum atomic E-state index is 0.626. The predicted molar refractivity (Wildman–Crippen MR) is 113 cm³/mol. The van der Waals surface area contributed by atoms with E-state index in [-0.39, 0.29) is 0 Å². The molecule has 4 nitrogen and oxygen atoms in total. The first-order chi connectivity index (χ1) is 13.8. The molecule has 2 heterocycles. The highest BCUT2D eigenvalue weighted by Gasteiger charge is 2.24. The van der Waals surface area contributed by atoms with Crippen molar-refractivity contribution in [2.75, 3.05) is 18.0 Å². The van der Waals surface area contributed by atoms with E-state index >= 15 is 0 Å². The zero-order chi connectivity index (χ0) is 18.8. The topological polar surface area (TPSA) is 41.3 Å². The van der Waals surface area contributed by atoms with Gasteiger partial charge in [-0.2, -0.15) is 0 Å². The molecule has 1 aromatic heterocycles.